The molecule has 0 saturated heterocycles. The molecule has 31 heavy (non-hydrogen) atoms. The minimum atomic E-state index is -0.212. The summed E-state index contributed by atoms with van der Waals surface area (Å²) in [4.78, 5) is 24.7. The van der Waals surface area contributed by atoms with Crippen molar-refractivity contribution in [2.45, 2.75) is 38.9 Å². The molecule has 0 radical (unpaired) electrons. The smallest absolute Gasteiger partial charge is 0.234 e. The van der Waals surface area contributed by atoms with E-state index in [1.54, 1.807) is 12.1 Å². The highest BCUT2D eigenvalue weighted by atomic mass is 35.5. The topological polar surface area (TPSA) is 88.9 Å². The molecular formula is C22H24ClN5O2S. The van der Waals surface area contributed by atoms with Crippen molar-refractivity contribution in [3.63, 3.8) is 0 Å². The van der Waals surface area contributed by atoms with Crippen LogP contribution in [0.3, 0.4) is 0 Å². The van der Waals surface area contributed by atoms with Gasteiger partial charge in [0.05, 0.1) is 12.2 Å². The Morgan fingerprint density at radius 1 is 1.03 bits per heavy atom. The number of nitrogens with zero attached hydrogens (tertiary/aromatic N) is 3. The zero-order valence-electron chi connectivity index (χ0n) is 17.6. The summed E-state index contributed by atoms with van der Waals surface area (Å²) in [5.41, 5.74) is 3.41. The molecule has 0 saturated carbocycles. The fourth-order valence-electron chi connectivity index (χ4n) is 2.94. The van der Waals surface area contributed by atoms with Crippen LogP contribution in [0.15, 0.2) is 47.6 Å². The second-order valence-corrected chi connectivity index (χ2v) is 8.39. The van der Waals surface area contributed by atoms with Gasteiger partial charge >= 0.3 is 0 Å². The number of benzene rings is 2. The molecule has 0 atom stereocenters. The maximum absolute atomic E-state index is 12.4. The summed E-state index contributed by atoms with van der Waals surface area (Å²) in [6.07, 6.45) is 0.0718. The molecule has 2 amide bonds. The lowest BCUT2D eigenvalue weighted by Crippen LogP contribution is -2.18. The second kappa shape index (κ2) is 10.5. The highest BCUT2D eigenvalue weighted by molar-refractivity contribution is 7.99. The van der Waals surface area contributed by atoms with E-state index in [4.69, 9.17) is 11.6 Å². The van der Waals surface area contributed by atoms with Gasteiger partial charge in [-0.15, -0.1) is 10.2 Å². The van der Waals surface area contributed by atoms with Crippen LogP contribution in [-0.2, 0) is 22.6 Å². The molecule has 3 aromatic rings. The molecule has 3 rings (SSSR count). The first-order valence-corrected chi connectivity index (χ1v) is 11.2. The average molecular weight is 458 g/mol. The van der Waals surface area contributed by atoms with Crippen LogP contribution >= 0.6 is 23.4 Å². The first-order chi connectivity index (χ1) is 14.9. The molecule has 0 aliphatic carbocycles. The lowest BCUT2D eigenvalue weighted by atomic mass is 10.2. The van der Waals surface area contributed by atoms with Gasteiger partial charge in [0.2, 0.25) is 11.8 Å². The van der Waals surface area contributed by atoms with Crippen LogP contribution in [0.4, 0.5) is 11.4 Å². The number of hydrogen-bond donors (Lipinski definition) is 2. The quantitative estimate of drug-likeness (QED) is 0.487. The lowest BCUT2D eigenvalue weighted by molar-refractivity contribution is -0.116. The zero-order chi connectivity index (χ0) is 22.4. The number of rotatable bonds is 8. The van der Waals surface area contributed by atoms with Crippen molar-refractivity contribution in [1.29, 1.82) is 0 Å². The van der Waals surface area contributed by atoms with E-state index in [1.807, 2.05) is 55.7 Å². The minimum absolute atomic E-state index is 0.0718. The zero-order valence-corrected chi connectivity index (χ0v) is 19.2. The predicted molar refractivity (Wildman–Crippen MR) is 125 cm³/mol. The monoisotopic (exact) mass is 457 g/mol. The van der Waals surface area contributed by atoms with Crippen molar-refractivity contribution in [3.8, 4) is 0 Å². The molecule has 0 aliphatic heterocycles. The molecule has 2 N–H and O–H groups in total. The number of aryl methyl sites for hydroxylation is 2. The third-order valence-electron chi connectivity index (χ3n) is 4.52. The number of halogens is 1. The van der Waals surface area contributed by atoms with Crippen LogP contribution in [0.1, 0.15) is 23.9 Å². The summed E-state index contributed by atoms with van der Waals surface area (Å²) in [5, 5.41) is 15.2. The minimum Gasteiger partial charge on any atom is -0.326 e. The number of thioether (sulfide) groups is 1. The van der Waals surface area contributed by atoms with Crippen LogP contribution in [0, 0.1) is 13.8 Å². The molecule has 0 spiro atoms. The summed E-state index contributed by atoms with van der Waals surface area (Å²) in [5.74, 6) is 0.396. The number of carbonyl (C=O) groups excluding carboxylic acids is 2. The van der Waals surface area contributed by atoms with E-state index in [9.17, 15) is 9.59 Å². The Labute approximate surface area is 190 Å². The average Bonchev–Trinajstić information content (AvgIpc) is 3.10. The Balaban J connectivity index is 1.58. The Morgan fingerprint density at radius 2 is 1.77 bits per heavy atom. The molecule has 7 nitrogen and oxygen atoms in total. The summed E-state index contributed by atoms with van der Waals surface area (Å²) >= 11 is 7.40. The van der Waals surface area contributed by atoms with E-state index in [-0.39, 0.29) is 24.0 Å². The number of amides is 2. The van der Waals surface area contributed by atoms with Crippen molar-refractivity contribution < 1.29 is 9.59 Å². The van der Waals surface area contributed by atoms with Gasteiger partial charge in [-0.25, -0.2) is 0 Å². The van der Waals surface area contributed by atoms with Gasteiger partial charge < -0.3 is 15.2 Å². The Hall–Kier alpha value is -2.84. The fourth-order valence-corrected chi connectivity index (χ4v) is 3.95. The summed E-state index contributed by atoms with van der Waals surface area (Å²) < 4.78 is 1.84. The van der Waals surface area contributed by atoms with Gasteiger partial charge in [-0.3, -0.25) is 9.59 Å². The number of nitrogens with one attached hydrogen (secondary N) is 2. The van der Waals surface area contributed by atoms with Crippen LogP contribution in [0.2, 0.25) is 5.02 Å². The molecule has 0 aliphatic rings. The molecule has 0 bridgehead atoms. The van der Waals surface area contributed by atoms with Gasteiger partial charge in [-0.05, 0) is 56.2 Å². The van der Waals surface area contributed by atoms with Crippen LogP contribution < -0.4 is 10.6 Å². The van der Waals surface area contributed by atoms with E-state index >= 15 is 0 Å². The van der Waals surface area contributed by atoms with E-state index in [0.29, 0.717) is 28.2 Å². The van der Waals surface area contributed by atoms with Crippen LogP contribution in [0.5, 0.6) is 0 Å². The van der Waals surface area contributed by atoms with E-state index in [0.717, 1.165) is 16.8 Å². The molecule has 0 unspecified atom stereocenters. The van der Waals surface area contributed by atoms with Crippen molar-refractivity contribution in [2.75, 3.05) is 16.4 Å². The normalized spacial score (nSPS) is 10.7. The molecular weight excluding hydrogens is 434 g/mol. The standard InChI is InChI=1S/C22H24ClN5O2S/c1-4-28-19(12-20(29)24-17-9-8-15(3)18(23)11-17)26-27-22(28)31-13-21(30)25-16-7-5-6-14(2)10-16/h5-11H,4,12-13H2,1-3H3,(H,24,29)(H,25,30). The predicted octanol–water partition coefficient (Wildman–Crippen LogP) is 4.48. The Bertz CT molecular complexity index is 1100. The SMILES string of the molecule is CCn1c(CC(=O)Nc2ccc(C)c(Cl)c2)nnc1SCC(=O)Nc1cccc(C)c1. The van der Waals surface area contributed by atoms with E-state index in [1.165, 1.54) is 11.8 Å². The van der Waals surface area contributed by atoms with E-state index in [2.05, 4.69) is 20.8 Å². The van der Waals surface area contributed by atoms with Crippen LogP contribution in [-0.4, -0.2) is 32.3 Å². The number of aromatic nitrogens is 3. The second-order valence-electron chi connectivity index (χ2n) is 7.04. The largest absolute Gasteiger partial charge is 0.326 e. The molecule has 162 valence electrons. The van der Waals surface area contributed by atoms with E-state index < -0.39 is 0 Å². The Kier molecular flexibility index (Phi) is 7.70. The number of anilines is 2. The highest BCUT2D eigenvalue weighted by Crippen LogP contribution is 2.21. The maximum Gasteiger partial charge on any atom is 0.234 e. The number of hydrogen-bond acceptors (Lipinski definition) is 5. The Morgan fingerprint density at radius 3 is 2.48 bits per heavy atom. The van der Waals surface area contributed by atoms with Gasteiger partial charge in [0, 0.05) is 22.9 Å². The van der Waals surface area contributed by atoms with Gasteiger partial charge in [-0.1, -0.05) is 41.6 Å². The highest BCUT2D eigenvalue weighted by Gasteiger charge is 2.16. The van der Waals surface area contributed by atoms with Gasteiger partial charge in [0.15, 0.2) is 5.16 Å². The summed E-state index contributed by atoms with van der Waals surface area (Å²) in [6, 6.07) is 13.0. The molecule has 0 fully saturated rings. The number of carbonyl (C=O) groups is 2. The summed E-state index contributed by atoms with van der Waals surface area (Å²) in [6.45, 7) is 6.41. The molecule has 1 heterocycles. The third kappa shape index (κ3) is 6.32. The van der Waals surface area contributed by atoms with Crippen molar-refractivity contribution in [3.05, 3.63) is 64.4 Å². The van der Waals surface area contributed by atoms with Crippen molar-refractivity contribution >= 4 is 46.6 Å². The maximum atomic E-state index is 12.4. The molecule has 1 aromatic heterocycles. The van der Waals surface area contributed by atoms with Gasteiger partial charge in [0.25, 0.3) is 0 Å². The lowest BCUT2D eigenvalue weighted by Gasteiger charge is -2.09. The third-order valence-corrected chi connectivity index (χ3v) is 5.89. The first kappa shape index (κ1) is 22.8. The molecule has 2 aromatic carbocycles. The van der Waals surface area contributed by atoms with Crippen molar-refractivity contribution in [1.82, 2.24) is 14.8 Å². The first-order valence-electron chi connectivity index (χ1n) is 9.83. The van der Waals surface area contributed by atoms with Gasteiger partial charge in [0.1, 0.15) is 5.82 Å². The van der Waals surface area contributed by atoms with Crippen LogP contribution in [0.25, 0.3) is 0 Å². The molecule has 9 heteroatoms. The van der Waals surface area contributed by atoms with Crippen molar-refractivity contribution in [2.24, 2.45) is 0 Å². The fraction of sp³-hybridized carbons (Fsp3) is 0.273. The van der Waals surface area contributed by atoms with Gasteiger partial charge in [-0.2, -0.15) is 0 Å². The summed E-state index contributed by atoms with van der Waals surface area (Å²) in [7, 11) is 0.